The minimum atomic E-state index is 0.567. The molecule has 2 aromatic rings. The maximum absolute atomic E-state index is 9.48. The van der Waals surface area contributed by atoms with Crippen molar-refractivity contribution in [3.8, 4) is 6.07 Å². The third kappa shape index (κ3) is 2.80. The summed E-state index contributed by atoms with van der Waals surface area (Å²) >= 11 is 7.56. The molecule has 0 aliphatic carbocycles. The van der Waals surface area contributed by atoms with E-state index in [0.717, 1.165) is 28.9 Å². The number of piperidine rings is 1. The Kier molecular flexibility index (Phi) is 3.92. The smallest absolute Gasteiger partial charge is 0.115 e. The van der Waals surface area contributed by atoms with Crippen molar-refractivity contribution in [3.05, 3.63) is 52.2 Å². The molecule has 0 radical (unpaired) electrons. The van der Waals surface area contributed by atoms with E-state index in [1.165, 1.54) is 29.8 Å². The molecule has 3 aliphatic rings. The van der Waals surface area contributed by atoms with Crippen molar-refractivity contribution in [2.24, 2.45) is 0 Å². The van der Waals surface area contributed by atoms with E-state index in [1.807, 2.05) is 30.3 Å². The molecule has 116 valence electrons. The number of benzene rings is 1. The molecule has 0 amide bonds. The standard InChI is InChI=1S/C18H16ClN3S/c19-15-3-1-12(2-4-15)11-23-18-14(10-20)9-16-17(21-18)13-5-7-22(16)8-6-13/h1-4,9,13H,5-8,11H2. The summed E-state index contributed by atoms with van der Waals surface area (Å²) in [5.41, 5.74) is 4.25. The Morgan fingerprint density at radius 1 is 1.26 bits per heavy atom. The molecular formula is C18H16ClN3S. The van der Waals surface area contributed by atoms with Crippen LogP contribution in [0.4, 0.5) is 5.69 Å². The minimum Gasteiger partial charge on any atom is -0.370 e. The Labute approximate surface area is 145 Å². The van der Waals surface area contributed by atoms with Gasteiger partial charge in [0.25, 0.3) is 0 Å². The first-order chi connectivity index (χ1) is 11.2. The van der Waals surface area contributed by atoms with Gasteiger partial charge >= 0.3 is 0 Å². The summed E-state index contributed by atoms with van der Waals surface area (Å²) in [5.74, 6) is 1.36. The summed E-state index contributed by atoms with van der Waals surface area (Å²) in [6, 6.07) is 12.2. The number of fused-ring (bicyclic) bond motifs is 2. The minimum absolute atomic E-state index is 0.567. The molecule has 1 fully saturated rings. The van der Waals surface area contributed by atoms with E-state index in [-0.39, 0.29) is 0 Å². The molecule has 0 atom stereocenters. The number of nitriles is 1. The predicted molar refractivity (Wildman–Crippen MR) is 94.2 cm³/mol. The van der Waals surface area contributed by atoms with Gasteiger partial charge in [-0.1, -0.05) is 23.7 Å². The van der Waals surface area contributed by atoms with Gasteiger partial charge in [0, 0.05) is 29.8 Å². The van der Waals surface area contributed by atoms with E-state index >= 15 is 0 Å². The lowest BCUT2D eigenvalue weighted by Crippen LogP contribution is -2.39. The van der Waals surface area contributed by atoms with Crippen LogP contribution >= 0.6 is 23.4 Å². The lowest BCUT2D eigenvalue weighted by Gasteiger charge is -2.41. The van der Waals surface area contributed by atoms with Crippen LogP contribution in [0.3, 0.4) is 0 Å². The maximum Gasteiger partial charge on any atom is 0.115 e. The molecule has 0 spiro atoms. The maximum atomic E-state index is 9.48. The van der Waals surface area contributed by atoms with Crippen LogP contribution in [0.15, 0.2) is 35.4 Å². The Hall–Kier alpha value is -1.70. The molecule has 3 nitrogen and oxygen atoms in total. The normalized spacial score (nSPS) is 16.3. The lowest BCUT2D eigenvalue weighted by molar-refractivity contribution is 0.461. The van der Waals surface area contributed by atoms with Gasteiger partial charge in [-0.25, -0.2) is 4.98 Å². The molecule has 5 rings (SSSR count). The van der Waals surface area contributed by atoms with E-state index in [4.69, 9.17) is 16.6 Å². The highest BCUT2D eigenvalue weighted by molar-refractivity contribution is 7.98. The highest BCUT2D eigenvalue weighted by atomic mass is 35.5. The zero-order chi connectivity index (χ0) is 15.8. The summed E-state index contributed by atoms with van der Waals surface area (Å²) in [7, 11) is 0. The lowest BCUT2D eigenvalue weighted by atomic mass is 9.86. The second kappa shape index (κ2) is 6.07. The van der Waals surface area contributed by atoms with Crippen LogP contribution in [0.25, 0.3) is 0 Å². The molecule has 0 unspecified atom stereocenters. The Balaban J connectivity index is 1.62. The van der Waals surface area contributed by atoms with Crippen molar-refractivity contribution < 1.29 is 0 Å². The van der Waals surface area contributed by atoms with E-state index in [0.29, 0.717) is 11.5 Å². The Morgan fingerprint density at radius 3 is 2.70 bits per heavy atom. The van der Waals surface area contributed by atoms with E-state index in [9.17, 15) is 5.26 Å². The number of anilines is 1. The molecule has 0 N–H and O–H groups in total. The van der Waals surface area contributed by atoms with Gasteiger partial charge < -0.3 is 4.90 Å². The van der Waals surface area contributed by atoms with Gasteiger partial charge in [-0.2, -0.15) is 5.26 Å². The topological polar surface area (TPSA) is 39.9 Å². The molecule has 23 heavy (non-hydrogen) atoms. The fraction of sp³-hybridized carbons (Fsp3) is 0.333. The van der Waals surface area contributed by atoms with Crippen LogP contribution in [0.5, 0.6) is 0 Å². The number of nitrogens with zero attached hydrogens (tertiary/aromatic N) is 3. The van der Waals surface area contributed by atoms with Crippen LogP contribution in [-0.4, -0.2) is 18.1 Å². The number of halogens is 1. The van der Waals surface area contributed by atoms with Gasteiger partial charge in [-0.3, -0.25) is 0 Å². The van der Waals surface area contributed by atoms with Gasteiger partial charge in [0.15, 0.2) is 0 Å². The number of thioether (sulfide) groups is 1. The van der Waals surface area contributed by atoms with Gasteiger partial charge in [-0.05, 0) is 36.6 Å². The average molecular weight is 342 g/mol. The molecule has 1 aromatic heterocycles. The molecule has 1 aromatic carbocycles. The van der Waals surface area contributed by atoms with Gasteiger partial charge in [0.1, 0.15) is 11.1 Å². The van der Waals surface area contributed by atoms with Crippen LogP contribution in [0.1, 0.15) is 35.6 Å². The molecule has 0 saturated carbocycles. The first-order valence-electron chi connectivity index (χ1n) is 7.82. The molecule has 2 bridgehead atoms. The number of rotatable bonds is 3. The first-order valence-corrected chi connectivity index (χ1v) is 9.18. The van der Waals surface area contributed by atoms with Crippen molar-refractivity contribution >= 4 is 29.1 Å². The highest BCUT2D eigenvalue weighted by Crippen LogP contribution is 2.43. The average Bonchev–Trinajstić information content (AvgIpc) is 2.61. The zero-order valence-electron chi connectivity index (χ0n) is 12.6. The van der Waals surface area contributed by atoms with Crippen molar-refractivity contribution in [3.63, 3.8) is 0 Å². The monoisotopic (exact) mass is 341 g/mol. The quantitative estimate of drug-likeness (QED) is 0.765. The number of hydrogen-bond donors (Lipinski definition) is 0. The molecule has 4 heterocycles. The SMILES string of the molecule is N#Cc1cc2c(nc1SCc1ccc(Cl)cc1)C1CCN2CC1. The Bertz CT molecular complexity index is 774. The largest absolute Gasteiger partial charge is 0.370 e. The van der Waals surface area contributed by atoms with Crippen molar-refractivity contribution in [2.45, 2.75) is 29.5 Å². The summed E-state index contributed by atoms with van der Waals surface area (Å²) in [6.07, 6.45) is 2.38. The second-order valence-electron chi connectivity index (χ2n) is 6.03. The second-order valence-corrected chi connectivity index (χ2v) is 7.43. The van der Waals surface area contributed by atoms with E-state index < -0.39 is 0 Å². The predicted octanol–water partition coefficient (Wildman–Crippen LogP) is 4.60. The fourth-order valence-corrected chi connectivity index (χ4v) is 4.41. The fourth-order valence-electron chi connectivity index (χ4n) is 3.37. The van der Waals surface area contributed by atoms with E-state index in [1.54, 1.807) is 11.8 Å². The van der Waals surface area contributed by atoms with Crippen LogP contribution < -0.4 is 4.90 Å². The third-order valence-corrected chi connectivity index (χ3v) is 5.94. The van der Waals surface area contributed by atoms with E-state index in [2.05, 4.69) is 11.0 Å². The summed E-state index contributed by atoms with van der Waals surface area (Å²) in [6.45, 7) is 2.20. The highest BCUT2D eigenvalue weighted by Gasteiger charge is 2.33. The molecule has 3 aliphatic heterocycles. The summed E-state index contributed by atoms with van der Waals surface area (Å²) in [5, 5.41) is 11.1. The number of hydrogen-bond acceptors (Lipinski definition) is 4. The van der Waals surface area contributed by atoms with Gasteiger partial charge in [-0.15, -0.1) is 11.8 Å². The van der Waals surface area contributed by atoms with Crippen LogP contribution in [0.2, 0.25) is 5.02 Å². The molecule has 5 heteroatoms. The number of aromatic nitrogens is 1. The van der Waals surface area contributed by atoms with Crippen molar-refractivity contribution in [1.82, 2.24) is 4.98 Å². The number of pyridine rings is 1. The zero-order valence-corrected chi connectivity index (χ0v) is 14.2. The van der Waals surface area contributed by atoms with Crippen molar-refractivity contribution in [2.75, 3.05) is 18.0 Å². The van der Waals surface area contributed by atoms with Crippen molar-refractivity contribution in [1.29, 1.82) is 5.26 Å². The first kappa shape index (κ1) is 14.9. The van der Waals surface area contributed by atoms with Gasteiger partial charge in [0.05, 0.1) is 16.9 Å². The summed E-state index contributed by atoms with van der Waals surface area (Å²) < 4.78 is 0. The van der Waals surface area contributed by atoms with Gasteiger partial charge in [0.2, 0.25) is 0 Å². The third-order valence-electron chi connectivity index (χ3n) is 4.63. The van der Waals surface area contributed by atoms with Crippen LogP contribution in [0, 0.1) is 11.3 Å². The molecular weight excluding hydrogens is 326 g/mol. The Morgan fingerprint density at radius 2 is 2.00 bits per heavy atom. The summed E-state index contributed by atoms with van der Waals surface area (Å²) in [4.78, 5) is 7.24. The van der Waals surface area contributed by atoms with Crippen LogP contribution in [-0.2, 0) is 5.75 Å². The molecule has 1 saturated heterocycles.